The standard InChI is InChI=1S/C11H14Br2O2/c1-3-8(6-7(2)10(12)13)9-4-5-15-11(9)14/h4,8H,3,5-6H2,1-2H3. The lowest BCUT2D eigenvalue weighted by atomic mass is 9.90. The van der Waals surface area contributed by atoms with E-state index in [1.807, 2.05) is 13.0 Å². The molecule has 0 aliphatic carbocycles. The normalized spacial score (nSPS) is 17.1. The van der Waals surface area contributed by atoms with Crippen molar-refractivity contribution in [2.45, 2.75) is 26.7 Å². The first-order valence-corrected chi connectivity index (χ1v) is 6.52. The number of carbonyl (C=O) groups excluding carboxylic acids is 1. The van der Waals surface area contributed by atoms with Crippen LogP contribution >= 0.6 is 31.9 Å². The van der Waals surface area contributed by atoms with Crippen LogP contribution in [0, 0.1) is 5.92 Å². The van der Waals surface area contributed by atoms with Gasteiger partial charge < -0.3 is 4.74 Å². The average molecular weight is 338 g/mol. The number of hydrogen-bond acceptors (Lipinski definition) is 2. The lowest BCUT2D eigenvalue weighted by molar-refractivity contribution is -0.136. The molecule has 2 nitrogen and oxygen atoms in total. The molecule has 0 radical (unpaired) electrons. The van der Waals surface area contributed by atoms with Crippen LogP contribution in [0.3, 0.4) is 0 Å². The fourth-order valence-electron chi connectivity index (χ4n) is 1.63. The van der Waals surface area contributed by atoms with E-state index >= 15 is 0 Å². The number of hydrogen-bond donors (Lipinski definition) is 0. The van der Waals surface area contributed by atoms with Crippen LogP contribution in [0.15, 0.2) is 20.6 Å². The van der Waals surface area contributed by atoms with Crippen molar-refractivity contribution in [2.24, 2.45) is 5.92 Å². The summed E-state index contributed by atoms with van der Waals surface area (Å²) in [6.07, 6.45) is 3.72. The summed E-state index contributed by atoms with van der Waals surface area (Å²) in [5.41, 5.74) is 2.04. The van der Waals surface area contributed by atoms with Gasteiger partial charge in [-0.25, -0.2) is 4.79 Å². The van der Waals surface area contributed by atoms with Crippen LogP contribution in [0.25, 0.3) is 0 Å². The van der Waals surface area contributed by atoms with E-state index in [1.165, 1.54) is 5.57 Å². The minimum Gasteiger partial charge on any atom is -0.458 e. The molecular formula is C11H14Br2O2. The van der Waals surface area contributed by atoms with E-state index in [4.69, 9.17) is 4.74 Å². The molecule has 1 rings (SSSR count). The predicted octanol–water partition coefficient (Wildman–Crippen LogP) is 3.91. The summed E-state index contributed by atoms with van der Waals surface area (Å²) >= 11 is 6.76. The third-order valence-electron chi connectivity index (χ3n) is 2.56. The second kappa shape index (κ2) is 5.85. The van der Waals surface area contributed by atoms with Crippen LogP contribution in [0.4, 0.5) is 0 Å². The maximum Gasteiger partial charge on any atom is 0.334 e. The molecule has 0 spiro atoms. The molecule has 4 heteroatoms. The van der Waals surface area contributed by atoms with E-state index in [2.05, 4.69) is 38.8 Å². The van der Waals surface area contributed by atoms with Gasteiger partial charge in [0, 0.05) is 5.57 Å². The summed E-state index contributed by atoms with van der Waals surface area (Å²) < 4.78 is 5.89. The Kier molecular flexibility index (Phi) is 5.06. The Bertz CT molecular complexity index is 315. The Morgan fingerprint density at radius 2 is 2.27 bits per heavy atom. The summed E-state index contributed by atoms with van der Waals surface area (Å²) in [5, 5.41) is 0. The molecule has 15 heavy (non-hydrogen) atoms. The Hall–Kier alpha value is -0.0900. The number of esters is 1. The molecule has 1 aliphatic rings. The van der Waals surface area contributed by atoms with E-state index in [0.29, 0.717) is 6.61 Å². The highest BCUT2D eigenvalue weighted by Crippen LogP contribution is 2.30. The van der Waals surface area contributed by atoms with Crippen LogP contribution in [0.2, 0.25) is 0 Å². The third kappa shape index (κ3) is 3.45. The minimum absolute atomic E-state index is 0.152. The molecule has 1 aliphatic heterocycles. The maximum absolute atomic E-state index is 11.4. The van der Waals surface area contributed by atoms with Crippen molar-refractivity contribution in [1.29, 1.82) is 0 Å². The van der Waals surface area contributed by atoms with Gasteiger partial charge in [0.15, 0.2) is 0 Å². The van der Waals surface area contributed by atoms with Gasteiger partial charge in [0.05, 0.1) is 3.39 Å². The Balaban J connectivity index is 2.73. The van der Waals surface area contributed by atoms with E-state index < -0.39 is 0 Å². The van der Waals surface area contributed by atoms with E-state index in [9.17, 15) is 4.79 Å². The summed E-state index contributed by atoms with van der Waals surface area (Å²) in [4.78, 5) is 11.4. The molecule has 0 aromatic rings. The third-order valence-corrected chi connectivity index (χ3v) is 3.91. The number of halogens is 2. The molecule has 0 N–H and O–H groups in total. The van der Waals surface area contributed by atoms with Gasteiger partial charge in [0.1, 0.15) is 6.61 Å². The predicted molar refractivity (Wildman–Crippen MR) is 68.0 cm³/mol. The second-order valence-corrected chi connectivity index (χ2v) is 6.26. The number of ether oxygens (including phenoxy) is 1. The minimum atomic E-state index is -0.152. The molecule has 84 valence electrons. The van der Waals surface area contributed by atoms with Crippen LogP contribution in [0.1, 0.15) is 26.7 Å². The number of allylic oxidation sites excluding steroid dienone is 1. The molecule has 0 aromatic carbocycles. The topological polar surface area (TPSA) is 26.3 Å². The zero-order valence-electron chi connectivity index (χ0n) is 8.85. The maximum atomic E-state index is 11.4. The van der Waals surface area contributed by atoms with E-state index in [0.717, 1.165) is 21.8 Å². The molecule has 0 amide bonds. The lowest BCUT2D eigenvalue weighted by Gasteiger charge is -2.14. The van der Waals surface area contributed by atoms with Gasteiger partial charge in [-0.3, -0.25) is 0 Å². The largest absolute Gasteiger partial charge is 0.458 e. The summed E-state index contributed by atoms with van der Waals surface area (Å²) in [6, 6.07) is 0. The van der Waals surface area contributed by atoms with Crippen molar-refractivity contribution in [3.63, 3.8) is 0 Å². The van der Waals surface area contributed by atoms with E-state index in [1.54, 1.807) is 0 Å². The Labute approximate surface area is 107 Å². The highest BCUT2D eigenvalue weighted by molar-refractivity contribution is 9.28. The van der Waals surface area contributed by atoms with Crippen LogP contribution in [-0.2, 0) is 9.53 Å². The van der Waals surface area contributed by atoms with Crippen molar-refractivity contribution in [3.8, 4) is 0 Å². The summed E-state index contributed by atoms with van der Waals surface area (Å²) in [7, 11) is 0. The molecule has 1 heterocycles. The molecular weight excluding hydrogens is 324 g/mol. The van der Waals surface area contributed by atoms with Gasteiger partial charge in [0.25, 0.3) is 0 Å². The molecule has 1 atom stereocenters. The zero-order valence-corrected chi connectivity index (χ0v) is 12.0. The van der Waals surface area contributed by atoms with Crippen LogP contribution < -0.4 is 0 Å². The highest BCUT2D eigenvalue weighted by atomic mass is 79.9. The Morgan fingerprint density at radius 3 is 2.67 bits per heavy atom. The van der Waals surface area contributed by atoms with Crippen molar-refractivity contribution in [3.05, 3.63) is 20.6 Å². The molecule has 0 saturated carbocycles. The van der Waals surface area contributed by atoms with Gasteiger partial charge in [-0.15, -0.1) is 0 Å². The molecule has 0 fully saturated rings. The average Bonchev–Trinajstić information content (AvgIpc) is 2.60. The first kappa shape index (κ1) is 13.0. The van der Waals surface area contributed by atoms with Crippen molar-refractivity contribution in [2.75, 3.05) is 6.61 Å². The molecule has 0 aromatic heterocycles. The van der Waals surface area contributed by atoms with Gasteiger partial charge in [-0.1, -0.05) is 12.5 Å². The van der Waals surface area contributed by atoms with Gasteiger partial charge >= 0.3 is 5.97 Å². The first-order chi connectivity index (χ1) is 7.06. The van der Waals surface area contributed by atoms with Gasteiger partial charge in [0.2, 0.25) is 0 Å². The fourth-order valence-corrected chi connectivity index (χ4v) is 1.95. The quantitative estimate of drug-likeness (QED) is 0.727. The van der Waals surface area contributed by atoms with Gasteiger partial charge in [-0.2, -0.15) is 0 Å². The Morgan fingerprint density at radius 1 is 1.60 bits per heavy atom. The SMILES string of the molecule is CCC(CC(C)=C(Br)Br)C1=CCOC1=O. The summed E-state index contributed by atoms with van der Waals surface area (Å²) in [6.45, 7) is 4.57. The van der Waals surface area contributed by atoms with Crippen LogP contribution in [-0.4, -0.2) is 12.6 Å². The van der Waals surface area contributed by atoms with Crippen molar-refractivity contribution < 1.29 is 9.53 Å². The van der Waals surface area contributed by atoms with Crippen molar-refractivity contribution in [1.82, 2.24) is 0 Å². The first-order valence-electron chi connectivity index (χ1n) is 4.94. The van der Waals surface area contributed by atoms with E-state index in [-0.39, 0.29) is 11.9 Å². The molecule has 0 bridgehead atoms. The molecule has 1 unspecified atom stereocenters. The highest BCUT2D eigenvalue weighted by Gasteiger charge is 2.24. The lowest BCUT2D eigenvalue weighted by Crippen LogP contribution is -2.10. The second-order valence-electron chi connectivity index (χ2n) is 3.61. The molecule has 0 saturated heterocycles. The number of cyclic esters (lactones) is 1. The monoisotopic (exact) mass is 336 g/mol. The van der Waals surface area contributed by atoms with Crippen LogP contribution in [0.5, 0.6) is 0 Å². The smallest absolute Gasteiger partial charge is 0.334 e. The van der Waals surface area contributed by atoms with Crippen molar-refractivity contribution >= 4 is 37.8 Å². The zero-order chi connectivity index (χ0) is 11.4. The number of rotatable bonds is 4. The fraction of sp³-hybridized carbons (Fsp3) is 0.545. The summed E-state index contributed by atoms with van der Waals surface area (Å²) in [5.74, 6) is 0.116. The number of carbonyl (C=O) groups is 1. The van der Waals surface area contributed by atoms with Gasteiger partial charge in [-0.05, 0) is 63.6 Å².